The van der Waals surface area contributed by atoms with E-state index < -0.39 is 0 Å². The topological polar surface area (TPSA) is 0 Å². The second-order valence-electron chi connectivity index (χ2n) is 7.47. The lowest BCUT2D eigenvalue weighted by Crippen LogP contribution is -2.25. The highest BCUT2D eigenvalue weighted by molar-refractivity contribution is 14.1. The van der Waals surface area contributed by atoms with Crippen molar-refractivity contribution in [3.8, 4) is 0 Å². The van der Waals surface area contributed by atoms with Crippen molar-refractivity contribution in [2.24, 2.45) is 5.92 Å². The van der Waals surface area contributed by atoms with Crippen LogP contribution in [0.4, 0.5) is 0 Å². The summed E-state index contributed by atoms with van der Waals surface area (Å²) < 4.78 is 1.47. The Kier molecular flexibility index (Phi) is 3.60. The average molecular weight is 402 g/mol. The van der Waals surface area contributed by atoms with Gasteiger partial charge in [0.05, 0.1) is 0 Å². The Bertz CT molecular complexity index is 703. The van der Waals surface area contributed by atoms with Crippen molar-refractivity contribution in [1.29, 1.82) is 0 Å². The van der Waals surface area contributed by atoms with Crippen LogP contribution in [0.15, 0.2) is 46.1 Å². The fourth-order valence-corrected chi connectivity index (χ4v) is 5.04. The maximum absolute atomic E-state index is 2.50. The molecule has 0 N–H and O–H groups in total. The van der Waals surface area contributed by atoms with Crippen LogP contribution in [0.3, 0.4) is 0 Å². The first-order valence-electron chi connectivity index (χ1n) is 8.44. The zero-order chi connectivity index (χ0) is 15.3. The predicted octanol–water partition coefficient (Wildman–Crippen LogP) is 6.52. The predicted molar refractivity (Wildman–Crippen MR) is 103 cm³/mol. The van der Waals surface area contributed by atoms with E-state index in [1.165, 1.54) is 40.4 Å². The highest BCUT2D eigenvalue weighted by Gasteiger charge is 2.45. The van der Waals surface area contributed by atoms with E-state index in [2.05, 4.69) is 78.9 Å². The molecule has 0 fully saturated rings. The lowest BCUT2D eigenvalue weighted by molar-refractivity contribution is 0.347. The molecule has 2 unspecified atom stereocenters. The van der Waals surface area contributed by atoms with Gasteiger partial charge in [0.15, 0.2) is 0 Å². The van der Waals surface area contributed by atoms with Gasteiger partial charge >= 0.3 is 0 Å². The molecule has 4 rings (SSSR count). The second kappa shape index (κ2) is 5.36. The quantitative estimate of drug-likeness (QED) is 0.370. The summed E-state index contributed by atoms with van der Waals surface area (Å²) in [5.74, 6) is 1.43. The normalized spacial score (nSPS) is 28.7. The van der Waals surface area contributed by atoms with Crippen LogP contribution < -0.4 is 0 Å². The van der Waals surface area contributed by atoms with Gasteiger partial charge in [0.1, 0.15) is 0 Å². The molecule has 3 aliphatic rings. The Balaban J connectivity index is 1.79. The largest absolute Gasteiger partial charge is 0.0882 e. The summed E-state index contributed by atoms with van der Waals surface area (Å²) in [6.45, 7) is 4.88. The minimum Gasteiger partial charge on any atom is -0.0882 e. The van der Waals surface area contributed by atoms with E-state index >= 15 is 0 Å². The maximum Gasteiger partial charge on any atom is -0.00319 e. The van der Waals surface area contributed by atoms with Gasteiger partial charge in [-0.1, -0.05) is 56.4 Å². The zero-order valence-electron chi connectivity index (χ0n) is 13.4. The Hall–Kier alpha value is -0.830. The monoisotopic (exact) mass is 402 g/mol. The second-order valence-corrected chi connectivity index (χ2v) is 8.85. The van der Waals surface area contributed by atoms with Crippen LogP contribution >= 0.6 is 22.6 Å². The Morgan fingerprint density at radius 1 is 1.14 bits per heavy atom. The first-order chi connectivity index (χ1) is 10.6. The molecule has 3 aliphatic carbocycles. The van der Waals surface area contributed by atoms with Crippen molar-refractivity contribution in [2.75, 3.05) is 0 Å². The molecule has 0 nitrogen and oxygen atoms in total. The highest BCUT2D eigenvalue weighted by Crippen LogP contribution is 2.54. The standard InChI is InChI=1S/C21H23I/c1-21(2)19-6-4-3-5-17(19)18-12-9-15(13-20(18)21)14-7-10-16(22)11-8-14/h4,6-7,9-10,12-13,17,19H,3,5,8,11H2,1-2H3. The van der Waals surface area contributed by atoms with Crippen LogP contribution in [0.1, 0.15) is 62.1 Å². The summed E-state index contributed by atoms with van der Waals surface area (Å²) in [7, 11) is 0. The molecule has 1 aromatic carbocycles. The molecule has 0 aliphatic heterocycles. The molecule has 2 atom stereocenters. The lowest BCUT2D eigenvalue weighted by atomic mass is 9.73. The van der Waals surface area contributed by atoms with Gasteiger partial charge in [0.25, 0.3) is 0 Å². The minimum atomic E-state index is 0.270. The van der Waals surface area contributed by atoms with Crippen molar-refractivity contribution in [1.82, 2.24) is 0 Å². The molecule has 0 bridgehead atoms. The van der Waals surface area contributed by atoms with Crippen molar-refractivity contribution in [3.05, 3.63) is 62.8 Å². The number of hydrogen-bond acceptors (Lipinski definition) is 0. The van der Waals surface area contributed by atoms with Crippen molar-refractivity contribution < 1.29 is 0 Å². The number of rotatable bonds is 1. The third kappa shape index (κ3) is 2.24. The number of allylic oxidation sites excluding steroid dienone is 6. The molecule has 0 heterocycles. The van der Waals surface area contributed by atoms with E-state index in [1.807, 2.05) is 0 Å². The first-order valence-corrected chi connectivity index (χ1v) is 9.52. The summed E-state index contributed by atoms with van der Waals surface area (Å²) in [6.07, 6.45) is 14.4. The van der Waals surface area contributed by atoms with Crippen molar-refractivity contribution >= 4 is 28.2 Å². The van der Waals surface area contributed by atoms with Gasteiger partial charge in [-0.05, 0) is 91.4 Å². The lowest BCUT2D eigenvalue weighted by Gasteiger charge is -2.31. The third-order valence-electron chi connectivity index (χ3n) is 5.87. The molecule has 0 amide bonds. The zero-order valence-corrected chi connectivity index (χ0v) is 15.6. The smallest absolute Gasteiger partial charge is 0.00319 e. The van der Waals surface area contributed by atoms with Gasteiger partial charge in [0, 0.05) is 0 Å². The molecular formula is C21H23I. The van der Waals surface area contributed by atoms with Gasteiger partial charge < -0.3 is 0 Å². The van der Waals surface area contributed by atoms with E-state index in [0.29, 0.717) is 5.92 Å². The van der Waals surface area contributed by atoms with Gasteiger partial charge in [-0.2, -0.15) is 0 Å². The Labute approximate surface area is 147 Å². The number of fused-ring (bicyclic) bond motifs is 3. The highest BCUT2D eigenvalue weighted by atomic mass is 127. The maximum atomic E-state index is 2.50. The number of halogens is 1. The molecule has 22 heavy (non-hydrogen) atoms. The van der Waals surface area contributed by atoms with Crippen LogP contribution in [0.2, 0.25) is 0 Å². The molecule has 0 aromatic heterocycles. The van der Waals surface area contributed by atoms with E-state index in [9.17, 15) is 0 Å². The van der Waals surface area contributed by atoms with Gasteiger partial charge in [-0.15, -0.1) is 0 Å². The van der Waals surface area contributed by atoms with E-state index in [-0.39, 0.29) is 5.41 Å². The van der Waals surface area contributed by atoms with Crippen LogP contribution in [0.5, 0.6) is 0 Å². The van der Waals surface area contributed by atoms with Crippen molar-refractivity contribution in [3.63, 3.8) is 0 Å². The fourth-order valence-electron chi connectivity index (χ4n) is 4.59. The van der Waals surface area contributed by atoms with Gasteiger partial charge in [-0.25, -0.2) is 0 Å². The minimum absolute atomic E-state index is 0.270. The van der Waals surface area contributed by atoms with Crippen LogP contribution in [-0.4, -0.2) is 0 Å². The van der Waals surface area contributed by atoms with Crippen LogP contribution in [0, 0.1) is 5.92 Å². The molecule has 0 saturated carbocycles. The molecule has 1 aromatic rings. The van der Waals surface area contributed by atoms with E-state index in [4.69, 9.17) is 0 Å². The van der Waals surface area contributed by atoms with E-state index in [1.54, 1.807) is 11.1 Å². The Morgan fingerprint density at radius 2 is 2.00 bits per heavy atom. The summed E-state index contributed by atoms with van der Waals surface area (Å²) in [5.41, 5.74) is 6.42. The summed E-state index contributed by atoms with van der Waals surface area (Å²) in [5, 5.41) is 0. The Morgan fingerprint density at radius 3 is 2.77 bits per heavy atom. The molecule has 0 radical (unpaired) electrons. The van der Waals surface area contributed by atoms with E-state index in [0.717, 1.165) is 5.92 Å². The average Bonchev–Trinajstić information content (AvgIpc) is 2.77. The summed E-state index contributed by atoms with van der Waals surface area (Å²) in [6, 6.07) is 7.30. The SMILES string of the molecule is CC1(C)c2cc(C3=CC=C(I)CC3)ccc2C2CCC=CC21. The molecule has 0 saturated heterocycles. The van der Waals surface area contributed by atoms with Gasteiger partial charge in [-0.3, -0.25) is 0 Å². The summed E-state index contributed by atoms with van der Waals surface area (Å²) >= 11 is 2.45. The fraction of sp³-hybridized carbons (Fsp3) is 0.429. The number of benzene rings is 1. The van der Waals surface area contributed by atoms with Crippen molar-refractivity contribution in [2.45, 2.75) is 50.9 Å². The molecular weight excluding hydrogens is 379 g/mol. The van der Waals surface area contributed by atoms with Crippen LogP contribution in [0.25, 0.3) is 5.57 Å². The number of hydrogen-bond donors (Lipinski definition) is 0. The van der Waals surface area contributed by atoms with Crippen LogP contribution in [-0.2, 0) is 5.41 Å². The summed E-state index contributed by atoms with van der Waals surface area (Å²) in [4.78, 5) is 0. The third-order valence-corrected chi connectivity index (χ3v) is 6.77. The molecule has 114 valence electrons. The molecule has 0 spiro atoms. The van der Waals surface area contributed by atoms with Gasteiger partial charge in [0.2, 0.25) is 0 Å². The molecule has 1 heteroatoms. The first kappa shape index (κ1) is 14.7.